The van der Waals surface area contributed by atoms with Crippen molar-refractivity contribution in [1.29, 1.82) is 0 Å². The van der Waals surface area contributed by atoms with Gasteiger partial charge < -0.3 is 18.9 Å². The van der Waals surface area contributed by atoms with Crippen molar-refractivity contribution in [2.45, 2.75) is 19.8 Å². The molecule has 1 aromatic carbocycles. The number of nitrogens with zero attached hydrogens (tertiary/aromatic N) is 1. The average Bonchev–Trinajstić information content (AvgIpc) is 3.15. The van der Waals surface area contributed by atoms with E-state index in [1.807, 2.05) is 13.0 Å². The van der Waals surface area contributed by atoms with Crippen LogP contribution >= 0.6 is 11.3 Å². The lowest BCUT2D eigenvalue weighted by molar-refractivity contribution is -0.137. The van der Waals surface area contributed by atoms with Gasteiger partial charge in [0.05, 0.1) is 32.8 Å². The lowest BCUT2D eigenvalue weighted by atomic mass is 10.2. The van der Waals surface area contributed by atoms with Crippen LogP contribution in [0.5, 0.6) is 11.5 Å². The first-order valence-corrected chi connectivity index (χ1v) is 9.52. The first-order valence-electron chi connectivity index (χ1n) is 8.70. The molecule has 7 nitrogen and oxygen atoms in total. The highest BCUT2D eigenvalue weighted by atomic mass is 32.1. The maximum Gasteiger partial charge on any atom is 0.358 e. The van der Waals surface area contributed by atoms with E-state index in [0.717, 1.165) is 18.4 Å². The van der Waals surface area contributed by atoms with Gasteiger partial charge in [0.15, 0.2) is 17.2 Å². The highest BCUT2D eigenvalue weighted by molar-refractivity contribution is 7.16. The first-order chi connectivity index (χ1) is 13.5. The van der Waals surface area contributed by atoms with Gasteiger partial charge in [0.2, 0.25) is 0 Å². The van der Waals surface area contributed by atoms with Crippen molar-refractivity contribution in [3.05, 3.63) is 34.8 Å². The lowest BCUT2D eigenvalue weighted by Crippen LogP contribution is -2.04. The molecule has 0 aliphatic rings. The number of hydrogen-bond donors (Lipinski definition) is 0. The number of hydrogen-bond acceptors (Lipinski definition) is 8. The molecule has 0 aliphatic carbocycles. The Morgan fingerprint density at radius 3 is 2.54 bits per heavy atom. The molecule has 150 valence electrons. The molecule has 0 atom stereocenters. The Labute approximate surface area is 167 Å². The van der Waals surface area contributed by atoms with Gasteiger partial charge in [0.1, 0.15) is 5.01 Å². The van der Waals surface area contributed by atoms with Gasteiger partial charge in [-0.25, -0.2) is 14.6 Å². The molecule has 1 heterocycles. The summed E-state index contributed by atoms with van der Waals surface area (Å²) < 4.78 is 20.4. The second-order valence-corrected chi connectivity index (χ2v) is 6.68. The molecule has 0 saturated carbocycles. The van der Waals surface area contributed by atoms with E-state index in [2.05, 4.69) is 4.98 Å². The van der Waals surface area contributed by atoms with Crippen molar-refractivity contribution in [1.82, 2.24) is 4.98 Å². The molecule has 0 spiro atoms. The van der Waals surface area contributed by atoms with Gasteiger partial charge >= 0.3 is 11.9 Å². The standard InChI is InChI=1S/C20H23NO6S/c1-5-6-11-27-17(22)10-9-16-18(20(23)26-4)21-19(28-16)13-7-8-14(24-2)15(12-13)25-3/h7-10,12H,5-6,11H2,1-4H3/b10-9+. The van der Waals surface area contributed by atoms with E-state index in [1.54, 1.807) is 26.4 Å². The van der Waals surface area contributed by atoms with Crippen molar-refractivity contribution < 1.29 is 28.5 Å². The van der Waals surface area contributed by atoms with E-state index in [0.29, 0.717) is 28.0 Å². The molecule has 1 aromatic heterocycles. The topological polar surface area (TPSA) is 84.0 Å². The predicted octanol–water partition coefficient (Wildman–Crippen LogP) is 3.97. The number of aromatic nitrogens is 1. The van der Waals surface area contributed by atoms with Crippen LogP contribution in [0.4, 0.5) is 0 Å². The van der Waals surface area contributed by atoms with Gasteiger partial charge in [-0.2, -0.15) is 0 Å². The maximum atomic E-state index is 12.1. The van der Waals surface area contributed by atoms with Gasteiger partial charge in [0, 0.05) is 11.6 Å². The molecular formula is C20H23NO6S. The van der Waals surface area contributed by atoms with Crippen molar-refractivity contribution in [3.8, 4) is 22.1 Å². The molecule has 8 heteroatoms. The summed E-state index contributed by atoms with van der Waals surface area (Å²) in [4.78, 5) is 28.8. The zero-order chi connectivity index (χ0) is 20.5. The van der Waals surface area contributed by atoms with Gasteiger partial charge in [-0.1, -0.05) is 13.3 Å². The van der Waals surface area contributed by atoms with Crippen LogP contribution in [-0.4, -0.2) is 44.9 Å². The van der Waals surface area contributed by atoms with Gasteiger partial charge in [-0.15, -0.1) is 11.3 Å². The fourth-order valence-electron chi connectivity index (χ4n) is 2.29. The SMILES string of the molecule is CCCCOC(=O)/C=C/c1sc(-c2ccc(OC)c(OC)c2)nc1C(=O)OC. The largest absolute Gasteiger partial charge is 0.493 e. The highest BCUT2D eigenvalue weighted by Crippen LogP contribution is 2.35. The third-order valence-electron chi connectivity index (χ3n) is 3.78. The zero-order valence-corrected chi connectivity index (χ0v) is 17.1. The molecule has 0 fully saturated rings. The van der Waals surface area contributed by atoms with Crippen LogP contribution in [0.3, 0.4) is 0 Å². The minimum Gasteiger partial charge on any atom is -0.493 e. The molecule has 0 unspecified atom stereocenters. The molecular weight excluding hydrogens is 382 g/mol. The molecule has 0 amide bonds. The fourth-order valence-corrected chi connectivity index (χ4v) is 3.24. The normalized spacial score (nSPS) is 10.7. The van der Waals surface area contributed by atoms with Crippen LogP contribution in [0, 0.1) is 0 Å². The summed E-state index contributed by atoms with van der Waals surface area (Å²) in [5.74, 6) is 0.0877. The third-order valence-corrected chi connectivity index (χ3v) is 4.85. The number of carbonyl (C=O) groups excluding carboxylic acids is 2. The first kappa shape index (κ1) is 21.4. The Bertz CT molecular complexity index is 858. The van der Waals surface area contributed by atoms with Gasteiger partial charge in [0.25, 0.3) is 0 Å². The zero-order valence-electron chi connectivity index (χ0n) is 16.3. The van der Waals surface area contributed by atoms with Crippen molar-refractivity contribution >= 4 is 29.4 Å². The molecule has 0 aliphatic heterocycles. The summed E-state index contributed by atoms with van der Waals surface area (Å²) in [7, 11) is 4.38. The molecule has 0 N–H and O–H groups in total. The number of benzene rings is 1. The number of unbranched alkanes of at least 4 members (excludes halogenated alkanes) is 1. The summed E-state index contributed by atoms with van der Waals surface area (Å²) in [5, 5.41) is 0.584. The Kier molecular flexibility index (Phi) is 8.01. The van der Waals surface area contributed by atoms with Crippen molar-refractivity contribution in [2.24, 2.45) is 0 Å². The Balaban J connectivity index is 2.33. The monoisotopic (exact) mass is 405 g/mol. The van der Waals surface area contributed by atoms with E-state index in [4.69, 9.17) is 18.9 Å². The Hall–Kier alpha value is -2.87. The predicted molar refractivity (Wildman–Crippen MR) is 107 cm³/mol. The average molecular weight is 405 g/mol. The number of thiazole rings is 1. The Morgan fingerprint density at radius 2 is 1.89 bits per heavy atom. The molecule has 28 heavy (non-hydrogen) atoms. The Morgan fingerprint density at radius 1 is 1.14 bits per heavy atom. The van der Waals surface area contributed by atoms with E-state index >= 15 is 0 Å². The maximum absolute atomic E-state index is 12.1. The molecule has 2 rings (SSSR count). The smallest absolute Gasteiger partial charge is 0.358 e. The van der Waals surface area contributed by atoms with E-state index < -0.39 is 11.9 Å². The molecule has 0 saturated heterocycles. The van der Waals surface area contributed by atoms with E-state index in [-0.39, 0.29) is 5.69 Å². The summed E-state index contributed by atoms with van der Waals surface area (Å²) in [5.41, 5.74) is 0.882. The lowest BCUT2D eigenvalue weighted by Gasteiger charge is -2.08. The summed E-state index contributed by atoms with van der Waals surface area (Å²) >= 11 is 1.26. The van der Waals surface area contributed by atoms with Crippen molar-refractivity contribution in [2.75, 3.05) is 27.9 Å². The second-order valence-electron chi connectivity index (χ2n) is 5.65. The van der Waals surface area contributed by atoms with Crippen molar-refractivity contribution in [3.63, 3.8) is 0 Å². The van der Waals surface area contributed by atoms with E-state index in [1.165, 1.54) is 30.6 Å². The second kappa shape index (κ2) is 10.5. The number of ether oxygens (including phenoxy) is 4. The van der Waals surface area contributed by atoms with Crippen LogP contribution in [-0.2, 0) is 14.3 Å². The minimum absolute atomic E-state index is 0.134. The van der Waals surface area contributed by atoms with Crippen LogP contribution in [0.1, 0.15) is 35.1 Å². The molecule has 0 bridgehead atoms. The van der Waals surface area contributed by atoms with Crippen LogP contribution in [0.2, 0.25) is 0 Å². The van der Waals surface area contributed by atoms with Gasteiger partial charge in [-0.05, 0) is 30.7 Å². The van der Waals surface area contributed by atoms with Crippen LogP contribution in [0.15, 0.2) is 24.3 Å². The fraction of sp³-hybridized carbons (Fsp3) is 0.350. The van der Waals surface area contributed by atoms with Crippen LogP contribution < -0.4 is 9.47 Å². The number of carbonyl (C=O) groups is 2. The van der Waals surface area contributed by atoms with E-state index in [9.17, 15) is 9.59 Å². The van der Waals surface area contributed by atoms with Gasteiger partial charge in [-0.3, -0.25) is 0 Å². The number of methoxy groups -OCH3 is 3. The minimum atomic E-state index is -0.582. The molecule has 2 aromatic rings. The highest BCUT2D eigenvalue weighted by Gasteiger charge is 2.19. The summed E-state index contributed by atoms with van der Waals surface area (Å²) in [6.45, 7) is 2.38. The number of rotatable bonds is 9. The number of esters is 2. The third kappa shape index (κ3) is 5.32. The summed E-state index contributed by atoms with van der Waals surface area (Å²) in [6.07, 6.45) is 4.54. The quantitative estimate of drug-likeness (QED) is 0.354. The van der Waals surface area contributed by atoms with Crippen LogP contribution in [0.25, 0.3) is 16.6 Å². The molecule has 0 radical (unpaired) electrons. The summed E-state index contributed by atoms with van der Waals surface area (Å²) in [6, 6.07) is 5.34.